The summed E-state index contributed by atoms with van der Waals surface area (Å²) in [5, 5.41) is 6.03. The van der Waals surface area contributed by atoms with Crippen LogP contribution in [0.3, 0.4) is 0 Å². The average molecular weight is 403 g/mol. The van der Waals surface area contributed by atoms with E-state index >= 15 is 0 Å². The molecule has 0 bridgehead atoms. The molecule has 0 saturated heterocycles. The van der Waals surface area contributed by atoms with Crippen molar-refractivity contribution in [2.75, 3.05) is 5.32 Å². The number of hydrogen-bond acceptors (Lipinski definition) is 3. The van der Waals surface area contributed by atoms with E-state index < -0.39 is 11.6 Å². The van der Waals surface area contributed by atoms with Gasteiger partial charge in [-0.05, 0) is 30.5 Å². The van der Waals surface area contributed by atoms with Crippen molar-refractivity contribution in [2.24, 2.45) is 0 Å². The number of aromatic nitrogens is 1. The molecule has 128 valence electrons. The summed E-state index contributed by atoms with van der Waals surface area (Å²) in [6, 6.07) is 8.35. The Hall–Kier alpha value is -1.83. The minimum Gasteiger partial charge on any atom is -0.358 e. The van der Waals surface area contributed by atoms with Gasteiger partial charge in [-0.25, -0.2) is 0 Å². The van der Waals surface area contributed by atoms with Crippen LogP contribution in [0.1, 0.15) is 30.6 Å². The van der Waals surface area contributed by atoms with Crippen LogP contribution in [0.2, 0.25) is 0 Å². The lowest BCUT2D eigenvalue weighted by atomic mass is 9.66. The first-order valence-corrected chi connectivity index (χ1v) is 8.18. The number of carbonyl (C=O) groups excluding carboxylic acids is 1. The topological polar surface area (TPSA) is 55.1 Å². The third kappa shape index (κ3) is 3.19. The molecule has 1 aromatic heterocycles. The van der Waals surface area contributed by atoms with E-state index in [4.69, 9.17) is 4.52 Å². The van der Waals surface area contributed by atoms with Gasteiger partial charge in [0.15, 0.2) is 11.6 Å². The lowest BCUT2D eigenvalue weighted by Crippen LogP contribution is -2.47. The fraction of sp³-hybridized carbons (Fsp3) is 0.375. The number of carbonyl (C=O) groups is 1. The van der Waals surface area contributed by atoms with Gasteiger partial charge >= 0.3 is 6.18 Å². The Kier molecular flexibility index (Phi) is 4.42. The minimum absolute atomic E-state index is 0.00244. The Bertz CT molecular complexity index is 737. The summed E-state index contributed by atoms with van der Waals surface area (Å²) in [7, 11) is 0. The summed E-state index contributed by atoms with van der Waals surface area (Å²) < 4.78 is 45.5. The zero-order chi connectivity index (χ0) is 17.4. The predicted octanol–water partition coefficient (Wildman–Crippen LogP) is 4.60. The van der Waals surface area contributed by atoms with E-state index in [1.54, 1.807) is 24.3 Å². The van der Waals surface area contributed by atoms with Crippen LogP contribution in [0.25, 0.3) is 0 Å². The van der Waals surface area contributed by atoms with Crippen LogP contribution in [-0.4, -0.2) is 17.2 Å². The summed E-state index contributed by atoms with van der Waals surface area (Å²) in [5.74, 6) is -0.602. The smallest absolute Gasteiger partial charge is 0.358 e. The van der Waals surface area contributed by atoms with Gasteiger partial charge in [-0.2, -0.15) is 13.2 Å². The van der Waals surface area contributed by atoms with Crippen molar-refractivity contribution in [3.8, 4) is 0 Å². The number of nitrogens with zero attached hydrogens (tertiary/aromatic N) is 1. The van der Waals surface area contributed by atoms with E-state index in [0.717, 1.165) is 10.0 Å². The van der Waals surface area contributed by atoms with E-state index in [2.05, 4.69) is 26.4 Å². The molecule has 1 aliphatic carbocycles. The molecule has 0 spiro atoms. The highest BCUT2D eigenvalue weighted by Crippen LogP contribution is 2.54. The van der Waals surface area contributed by atoms with E-state index in [9.17, 15) is 18.0 Å². The fourth-order valence-electron chi connectivity index (χ4n) is 2.73. The van der Waals surface area contributed by atoms with Gasteiger partial charge in [0, 0.05) is 10.5 Å². The fourth-order valence-corrected chi connectivity index (χ4v) is 3.00. The molecular formula is C16H14BrF3N2O2. The second-order valence-corrected chi connectivity index (χ2v) is 6.78. The second-order valence-electron chi connectivity index (χ2n) is 5.86. The van der Waals surface area contributed by atoms with Gasteiger partial charge in [-0.3, -0.25) is 4.79 Å². The van der Waals surface area contributed by atoms with Crippen molar-refractivity contribution in [1.82, 2.24) is 5.16 Å². The molecule has 0 aliphatic heterocycles. The molecule has 0 unspecified atom stereocenters. The molecule has 3 rings (SSSR count). The molecule has 1 saturated carbocycles. The zero-order valence-corrected chi connectivity index (χ0v) is 14.1. The van der Waals surface area contributed by atoms with Crippen LogP contribution in [-0.2, 0) is 16.6 Å². The van der Waals surface area contributed by atoms with Gasteiger partial charge < -0.3 is 9.84 Å². The summed E-state index contributed by atoms with van der Waals surface area (Å²) in [6.07, 6.45) is -3.83. The number of amides is 1. The number of hydrogen-bond donors (Lipinski definition) is 1. The molecule has 0 radical (unpaired) electrons. The molecule has 8 heteroatoms. The highest BCUT2D eigenvalue weighted by atomic mass is 79.9. The Balaban J connectivity index is 1.68. The number of anilines is 1. The maximum atomic E-state index is 13.3. The Morgan fingerprint density at radius 1 is 1.29 bits per heavy atom. The SMILES string of the molecule is O=C(Cc1ccc(Br)cc1)Nc1cc(C2(C(F)(F)F)CCC2)on1. The number of rotatable bonds is 4. The number of nitrogens with one attached hydrogen (secondary N) is 1. The molecule has 2 aromatic rings. The van der Waals surface area contributed by atoms with Gasteiger partial charge in [0.1, 0.15) is 5.41 Å². The van der Waals surface area contributed by atoms with Crippen molar-refractivity contribution < 1.29 is 22.5 Å². The van der Waals surface area contributed by atoms with Gasteiger partial charge in [-0.15, -0.1) is 0 Å². The quantitative estimate of drug-likeness (QED) is 0.812. The summed E-state index contributed by atoms with van der Waals surface area (Å²) >= 11 is 3.30. The summed E-state index contributed by atoms with van der Waals surface area (Å²) in [4.78, 5) is 12.0. The van der Waals surface area contributed by atoms with Crippen LogP contribution >= 0.6 is 15.9 Å². The molecule has 1 fully saturated rings. The van der Waals surface area contributed by atoms with Gasteiger partial charge in [0.25, 0.3) is 0 Å². The molecule has 1 aliphatic rings. The van der Waals surface area contributed by atoms with E-state index in [-0.39, 0.29) is 36.7 Å². The lowest BCUT2D eigenvalue weighted by Gasteiger charge is -2.40. The third-order valence-corrected chi connectivity index (χ3v) is 4.81. The van der Waals surface area contributed by atoms with Crippen molar-refractivity contribution in [3.05, 3.63) is 46.1 Å². The molecule has 1 amide bonds. The maximum absolute atomic E-state index is 13.3. The van der Waals surface area contributed by atoms with Crippen molar-refractivity contribution in [3.63, 3.8) is 0 Å². The van der Waals surface area contributed by atoms with Gasteiger partial charge in [0.05, 0.1) is 6.42 Å². The molecule has 1 N–H and O–H groups in total. The molecular weight excluding hydrogens is 389 g/mol. The average Bonchev–Trinajstić information content (AvgIpc) is 2.86. The van der Waals surface area contributed by atoms with Crippen LogP contribution in [0.4, 0.5) is 19.0 Å². The molecule has 1 aromatic carbocycles. The zero-order valence-electron chi connectivity index (χ0n) is 12.5. The monoisotopic (exact) mass is 402 g/mol. The lowest BCUT2D eigenvalue weighted by molar-refractivity contribution is -0.218. The Labute approximate surface area is 144 Å². The number of benzene rings is 1. The van der Waals surface area contributed by atoms with Crippen molar-refractivity contribution in [1.29, 1.82) is 0 Å². The number of halogens is 4. The van der Waals surface area contributed by atoms with E-state index in [1.165, 1.54) is 6.07 Å². The maximum Gasteiger partial charge on any atom is 0.401 e. The Morgan fingerprint density at radius 3 is 2.50 bits per heavy atom. The normalized spacial score (nSPS) is 16.5. The van der Waals surface area contributed by atoms with Crippen LogP contribution < -0.4 is 5.32 Å². The first-order chi connectivity index (χ1) is 11.3. The first-order valence-electron chi connectivity index (χ1n) is 7.38. The molecule has 1 heterocycles. The second kappa shape index (κ2) is 6.23. The predicted molar refractivity (Wildman–Crippen MR) is 84.6 cm³/mol. The molecule has 4 nitrogen and oxygen atoms in total. The Morgan fingerprint density at radius 2 is 1.96 bits per heavy atom. The third-order valence-electron chi connectivity index (χ3n) is 4.28. The van der Waals surface area contributed by atoms with E-state index in [0.29, 0.717) is 6.42 Å². The molecule has 0 atom stereocenters. The summed E-state index contributed by atoms with van der Waals surface area (Å²) in [6.45, 7) is 0. The highest BCUT2D eigenvalue weighted by Gasteiger charge is 2.61. The van der Waals surface area contributed by atoms with Gasteiger partial charge in [-0.1, -0.05) is 39.6 Å². The number of alkyl halides is 3. The van der Waals surface area contributed by atoms with Crippen LogP contribution in [0, 0.1) is 0 Å². The van der Waals surface area contributed by atoms with Crippen molar-refractivity contribution in [2.45, 2.75) is 37.3 Å². The highest BCUT2D eigenvalue weighted by molar-refractivity contribution is 9.10. The van der Waals surface area contributed by atoms with Crippen LogP contribution in [0.5, 0.6) is 0 Å². The first kappa shape index (κ1) is 17.0. The standard InChI is InChI=1S/C16H14BrF3N2O2/c17-11-4-2-10(3-5-11)8-14(23)21-13-9-12(24-22-13)15(6-1-7-15)16(18,19)20/h2-5,9H,1,6-8H2,(H,21,22,23). The van der Waals surface area contributed by atoms with E-state index in [1.807, 2.05) is 0 Å². The minimum atomic E-state index is -4.39. The van der Waals surface area contributed by atoms with Crippen LogP contribution in [0.15, 0.2) is 39.3 Å². The van der Waals surface area contributed by atoms with Crippen molar-refractivity contribution >= 4 is 27.7 Å². The largest absolute Gasteiger partial charge is 0.401 e. The molecule has 24 heavy (non-hydrogen) atoms. The summed E-state index contributed by atoms with van der Waals surface area (Å²) in [5.41, 5.74) is -1.18. The van der Waals surface area contributed by atoms with Gasteiger partial charge in [0.2, 0.25) is 5.91 Å².